The second-order valence-electron chi connectivity index (χ2n) is 8.35. The summed E-state index contributed by atoms with van der Waals surface area (Å²) in [6.07, 6.45) is 14.8. The molecule has 0 saturated carbocycles. The van der Waals surface area contributed by atoms with Gasteiger partial charge in [-0.3, -0.25) is 0 Å². The first-order valence-corrected chi connectivity index (χ1v) is 10.7. The Morgan fingerprint density at radius 2 is 1.58 bits per heavy atom. The molecule has 1 fully saturated rings. The first-order valence-electron chi connectivity index (χ1n) is 10.7. The Morgan fingerprint density at radius 3 is 2.35 bits per heavy atom. The van der Waals surface area contributed by atoms with Crippen molar-refractivity contribution in [2.75, 3.05) is 13.6 Å². The number of nitrogens with zero attached hydrogens (tertiary/aromatic N) is 2. The average Bonchev–Trinajstić information content (AvgIpc) is 3.09. The molecule has 1 atom stereocenters. The van der Waals surface area contributed by atoms with Crippen LogP contribution in [0, 0.1) is 0 Å². The maximum Gasteiger partial charge on any atom is 0.181 e. The fourth-order valence-corrected chi connectivity index (χ4v) is 4.53. The van der Waals surface area contributed by atoms with Crippen LogP contribution < -0.4 is 0 Å². The molecule has 1 N–H and O–H groups in total. The Balaban J connectivity index is 1.82. The second-order valence-corrected chi connectivity index (χ2v) is 8.35. The number of amidine groups is 1. The molecule has 0 aromatic heterocycles. The minimum atomic E-state index is -1.13. The zero-order chi connectivity index (χ0) is 18.4. The van der Waals surface area contributed by atoms with Crippen molar-refractivity contribution in [3.05, 3.63) is 34.9 Å². The summed E-state index contributed by atoms with van der Waals surface area (Å²) in [7, 11) is 2.15. The fourth-order valence-electron chi connectivity index (χ4n) is 4.53. The van der Waals surface area contributed by atoms with Gasteiger partial charge in [-0.2, -0.15) is 0 Å². The van der Waals surface area contributed by atoms with Crippen molar-refractivity contribution < 1.29 is 5.11 Å². The molecule has 1 aliphatic heterocycles. The van der Waals surface area contributed by atoms with Gasteiger partial charge in [0.05, 0.1) is 0 Å². The summed E-state index contributed by atoms with van der Waals surface area (Å²) in [6, 6.07) is 6.36. The molecular weight excluding hydrogens is 320 g/mol. The Labute approximate surface area is 159 Å². The quantitative estimate of drug-likeness (QED) is 0.791. The predicted molar refractivity (Wildman–Crippen MR) is 110 cm³/mol. The van der Waals surface area contributed by atoms with Gasteiger partial charge in [-0.05, 0) is 50.2 Å². The van der Waals surface area contributed by atoms with E-state index in [-0.39, 0.29) is 0 Å². The highest BCUT2D eigenvalue weighted by molar-refractivity contribution is 5.82. The van der Waals surface area contributed by atoms with E-state index in [4.69, 9.17) is 4.99 Å². The minimum Gasteiger partial charge on any atom is -0.366 e. The van der Waals surface area contributed by atoms with Crippen LogP contribution in [0.2, 0.25) is 0 Å². The zero-order valence-electron chi connectivity index (χ0n) is 16.8. The molecule has 26 heavy (non-hydrogen) atoms. The number of aliphatic imine (C=N–C) groups is 1. The number of fused-ring (bicyclic) bond motifs is 1. The summed E-state index contributed by atoms with van der Waals surface area (Å²) in [5.74, 6) is 1.08. The summed E-state index contributed by atoms with van der Waals surface area (Å²) >= 11 is 0. The molecule has 1 aromatic carbocycles. The monoisotopic (exact) mass is 356 g/mol. The van der Waals surface area contributed by atoms with Gasteiger partial charge in [0.25, 0.3) is 0 Å². The maximum absolute atomic E-state index is 11.3. The lowest BCUT2D eigenvalue weighted by molar-refractivity contribution is 0.0649. The third-order valence-corrected chi connectivity index (χ3v) is 6.09. The maximum atomic E-state index is 11.3. The molecule has 1 aliphatic carbocycles. The molecule has 1 saturated heterocycles. The molecule has 2 aliphatic rings. The lowest BCUT2D eigenvalue weighted by Crippen LogP contribution is -2.32. The second kappa shape index (κ2) is 9.03. The van der Waals surface area contributed by atoms with Crippen LogP contribution in [-0.2, 0) is 18.6 Å². The Morgan fingerprint density at radius 1 is 0.885 bits per heavy atom. The summed E-state index contributed by atoms with van der Waals surface area (Å²) in [5, 5.41) is 11.3. The number of aryl methyl sites for hydroxylation is 1. The van der Waals surface area contributed by atoms with E-state index in [1.807, 2.05) is 6.92 Å². The van der Waals surface area contributed by atoms with E-state index >= 15 is 0 Å². The molecule has 144 valence electrons. The predicted octanol–water partition coefficient (Wildman–Crippen LogP) is 5.20. The van der Waals surface area contributed by atoms with E-state index in [0.29, 0.717) is 0 Å². The van der Waals surface area contributed by atoms with Gasteiger partial charge in [-0.15, -0.1) is 0 Å². The van der Waals surface area contributed by atoms with Crippen LogP contribution in [0.3, 0.4) is 0 Å². The van der Waals surface area contributed by atoms with Gasteiger partial charge in [-0.25, -0.2) is 4.99 Å². The lowest BCUT2D eigenvalue weighted by Gasteiger charge is -2.28. The highest BCUT2D eigenvalue weighted by Crippen LogP contribution is 2.33. The number of hydrogen-bond acceptors (Lipinski definition) is 2. The van der Waals surface area contributed by atoms with Crippen molar-refractivity contribution >= 4 is 5.84 Å². The van der Waals surface area contributed by atoms with Crippen LogP contribution in [0.1, 0.15) is 87.8 Å². The molecule has 1 unspecified atom stereocenters. The van der Waals surface area contributed by atoms with Gasteiger partial charge in [0, 0.05) is 25.6 Å². The van der Waals surface area contributed by atoms with Gasteiger partial charge in [-0.1, -0.05) is 56.7 Å². The molecule has 0 spiro atoms. The highest BCUT2D eigenvalue weighted by atomic mass is 16.3. The van der Waals surface area contributed by atoms with E-state index in [2.05, 4.69) is 30.1 Å². The van der Waals surface area contributed by atoms with Crippen LogP contribution in [0.5, 0.6) is 0 Å². The molecule has 1 aromatic rings. The van der Waals surface area contributed by atoms with Gasteiger partial charge in [0.15, 0.2) is 5.72 Å². The normalized spacial score (nSPS) is 23.8. The van der Waals surface area contributed by atoms with Crippen molar-refractivity contribution in [2.24, 2.45) is 4.99 Å². The smallest absolute Gasteiger partial charge is 0.181 e. The molecule has 3 rings (SSSR count). The summed E-state index contributed by atoms with van der Waals surface area (Å²) in [6.45, 7) is 2.92. The molecular formula is C23H36N2O. The fraction of sp³-hybridized carbons (Fsp3) is 0.696. The van der Waals surface area contributed by atoms with Crippen LogP contribution in [0.25, 0.3) is 0 Å². The number of hydrogen-bond donors (Lipinski definition) is 1. The van der Waals surface area contributed by atoms with E-state index in [1.54, 1.807) is 0 Å². The van der Waals surface area contributed by atoms with E-state index in [1.165, 1.54) is 68.9 Å². The molecule has 3 heteroatoms. The van der Waals surface area contributed by atoms with Gasteiger partial charge < -0.3 is 10.0 Å². The summed E-state index contributed by atoms with van der Waals surface area (Å²) in [4.78, 5) is 7.21. The third-order valence-electron chi connectivity index (χ3n) is 6.09. The van der Waals surface area contributed by atoms with Crippen LogP contribution in [0.4, 0.5) is 0 Å². The van der Waals surface area contributed by atoms with Gasteiger partial charge in [0.1, 0.15) is 5.84 Å². The molecule has 0 bridgehead atoms. The molecule has 0 radical (unpaired) electrons. The van der Waals surface area contributed by atoms with Crippen LogP contribution >= 0.6 is 0 Å². The largest absolute Gasteiger partial charge is 0.366 e. The first-order chi connectivity index (χ1) is 12.6. The topological polar surface area (TPSA) is 35.8 Å². The molecule has 3 nitrogen and oxygen atoms in total. The Bertz CT molecular complexity index is 621. The van der Waals surface area contributed by atoms with E-state index < -0.39 is 5.72 Å². The van der Waals surface area contributed by atoms with Crippen molar-refractivity contribution in [3.8, 4) is 0 Å². The number of benzene rings is 1. The van der Waals surface area contributed by atoms with E-state index in [0.717, 1.165) is 37.2 Å². The molecule has 1 heterocycles. The van der Waals surface area contributed by atoms with Gasteiger partial charge in [0.2, 0.25) is 0 Å². The highest BCUT2D eigenvalue weighted by Gasteiger charge is 2.29. The summed E-state index contributed by atoms with van der Waals surface area (Å²) in [5.41, 5.74) is 2.61. The van der Waals surface area contributed by atoms with E-state index in [9.17, 15) is 5.11 Å². The zero-order valence-corrected chi connectivity index (χ0v) is 16.8. The lowest BCUT2D eigenvalue weighted by atomic mass is 9.95. The van der Waals surface area contributed by atoms with Crippen molar-refractivity contribution in [1.29, 1.82) is 0 Å². The van der Waals surface area contributed by atoms with Crippen molar-refractivity contribution in [2.45, 2.75) is 89.7 Å². The summed E-state index contributed by atoms with van der Waals surface area (Å²) < 4.78 is 0. The van der Waals surface area contributed by atoms with Crippen molar-refractivity contribution in [1.82, 2.24) is 4.90 Å². The Kier molecular flexibility index (Phi) is 6.74. The third kappa shape index (κ3) is 4.88. The first kappa shape index (κ1) is 19.4. The van der Waals surface area contributed by atoms with Crippen LogP contribution in [-0.4, -0.2) is 29.4 Å². The SMILES string of the molecule is CN1CCCCCCCCCCC1=NC(C)(O)c1cccc2c1CCC2. The minimum absolute atomic E-state index is 0.974. The van der Waals surface area contributed by atoms with Crippen molar-refractivity contribution in [3.63, 3.8) is 0 Å². The Hall–Kier alpha value is -1.35. The number of rotatable bonds is 2. The average molecular weight is 357 g/mol. The number of aliphatic hydroxyl groups is 1. The van der Waals surface area contributed by atoms with Crippen LogP contribution in [0.15, 0.2) is 23.2 Å². The van der Waals surface area contributed by atoms with Gasteiger partial charge >= 0.3 is 0 Å². The molecule has 0 amide bonds. The standard InChI is InChI=1S/C23H36N2O/c1-23(26,21-16-12-14-19-13-11-15-20(19)21)24-22-17-9-7-5-3-4-6-8-10-18-25(22)2/h12,14,16,26H,3-11,13,15,17-18H2,1-2H3.